The first-order valence-corrected chi connectivity index (χ1v) is 7.80. The van der Waals surface area contributed by atoms with Crippen molar-refractivity contribution in [3.63, 3.8) is 0 Å². The third-order valence-corrected chi connectivity index (χ3v) is 5.20. The Morgan fingerprint density at radius 1 is 1.35 bits per heavy atom. The second kappa shape index (κ2) is 5.57. The van der Waals surface area contributed by atoms with E-state index in [0.717, 1.165) is 19.5 Å². The van der Waals surface area contributed by atoms with Gasteiger partial charge in [-0.1, -0.05) is 37.6 Å². The average molecular weight is 272 g/mol. The molecule has 3 heteroatoms. The molecule has 1 heterocycles. The highest BCUT2D eigenvalue weighted by molar-refractivity contribution is 5.82. The standard InChI is InChI=1S/C17H24N2O/c1-2-17(8-5-9-17)12-19-16(20)15-10-13-6-3-4-7-14(13)11-18-15/h3-4,6-7,15,18H,2,5,8-12H2,1H3,(H,19,20)/t15-/m0/s1. The van der Waals surface area contributed by atoms with Gasteiger partial charge in [-0.25, -0.2) is 0 Å². The van der Waals surface area contributed by atoms with Crippen LogP contribution in [0.5, 0.6) is 0 Å². The molecule has 1 atom stereocenters. The molecule has 1 aliphatic heterocycles. The molecule has 20 heavy (non-hydrogen) atoms. The molecule has 0 spiro atoms. The van der Waals surface area contributed by atoms with Crippen molar-refractivity contribution in [2.75, 3.05) is 6.54 Å². The van der Waals surface area contributed by atoms with Gasteiger partial charge in [-0.3, -0.25) is 4.79 Å². The van der Waals surface area contributed by atoms with E-state index in [-0.39, 0.29) is 11.9 Å². The maximum Gasteiger partial charge on any atom is 0.237 e. The summed E-state index contributed by atoms with van der Waals surface area (Å²) in [6.07, 6.45) is 5.84. The SMILES string of the molecule is CCC1(CNC(=O)[C@@H]2Cc3ccccc3CN2)CCC1. The minimum absolute atomic E-state index is 0.0705. The summed E-state index contributed by atoms with van der Waals surface area (Å²) in [5.74, 6) is 0.166. The molecule has 1 fully saturated rings. The van der Waals surface area contributed by atoms with Crippen molar-refractivity contribution in [2.24, 2.45) is 5.41 Å². The van der Waals surface area contributed by atoms with Gasteiger partial charge >= 0.3 is 0 Å². The highest BCUT2D eigenvalue weighted by atomic mass is 16.2. The molecular formula is C17H24N2O. The predicted molar refractivity (Wildman–Crippen MR) is 80.4 cm³/mol. The number of rotatable bonds is 4. The van der Waals surface area contributed by atoms with Gasteiger partial charge in [0.2, 0.25) is 5.91 Å². The first kappa shape index (κ1) is 13.6. The van der Waals surface area contributed by atoms with Crippen LogP contribution in [0.1, 0.15) is 43.7 Å². The maximum absolute atomic E-state index is 12.3. The van der Waals surface area contributed by atoms with Gasteiger partial charge < -0.3 is 10.6 Å². The van der Waals surface area contributed by atoms with E-state index in [4.69, 9.17) is 0 Å². The molecule has 1 amide bonds. The van der Waals surface area contributed by atoms with E-state index in [0.29, 0.717) is 5.41 Å². The summed E-state index contributed by atoms with van der Waals surface area (Å²) >= 11 is 0. The lowest BCUT2D eigenvalue weighted by atomic mass is 9.67. The Kier molecular flexibility index (Phi) is 3.79. The molecule has 108 valence electrons. The third-order valence-electron chi connectivity index (χ3n) is 5.20. The van der Waals surface area contributed by atoms with Gasteiger partial charge in [0.05, 0.1) is 6.04 Å². The van der Waals surface area contributed by atoms with Gasteiger partial charge in [0.25, 0.3) is 0 Å². The molecule has 1 aromatic rings. The lowest BCUT2D eigenvalue weighted by Crippen LogP contribution is -2.51. The molecule has 1 saturated carbocycles. The summed E-state index contributed by atoms with van der Waals surface area (Å²) in [5, 5.41) is 6.53. The molecule has 0 radical (unpaired) electrons. The zero-order valence-corrected chi connectivity index (χ0v) is 12.2. The normalized spacial score (nSPS) is 23.6. The molecule has 0 saturated heterocycles. The van der Waals surface area contributed by atoms with E-state index < -0.39 is 0 Å². The van der Waals surface area contributed by atoms with Gasteiger partial charge in [-0.2, -0.15) is 0 Å². The monoisotopic (exact) mass is 272 g/mol. The fourth-order valence-electron chi connectivity index (χ4n) is 3.37. The van der Waals surface area contributed by atoms with Gasteiger partial charge in [0.15, 0.2) is 0 Å². The summed E-state index contributed by atoms with van der Waals surface area (Å²) < 4.78 is 0. The Morgan fingerprint density at radius 3 is 2.75 bits per heavy atom. The fraction of sp³-hybridized carbons (Fsp3) is 0.588. The number of hydrogen-bond donors (Lipinski definition) is 2. The molecule has 0 unspecified atom stereocenters. The number of benzene rings is 1. The van der Waals surface area contributed by atoms with Gasteiger partial charge in [-0.05, 0) is 42.2 Å². The van der Waals surface area contributed by atoms with Crippen LogP contribution in [0.25, 0.3) is 0 Å². The van der Waals surface area contributed by atoms with Crippen LogP contribution in [-0.4, -0.2) is 18.5 Å². The Morgan fingerprint density at radius 2 is 2.10 bits per heavy atom. The lowest BCUT2D eigenvalue weighted by molar-refractivity contribution is -0.124. The number of carbonyl (C=O) groups is 1. The van der Waals surface area contributed by atoms with E-state index >= 15 is 0 Å². The van der Waals surface area contributed by atoms with E-state index in [2.05, 4.69) is 41.8 Å². The van der Waals surface area contributed by atoms with Crippen molar-refractivity contribution in [3.8, 4) is 0 Å². The topological polar surface area (TPSA) is 41.1 Å². The number of carbonyl (C=O) groups excluding carboxylic acids is 1. The molecule has 2 aliphatic rings. The molecule has 1 aromatic carbocycles. The molecule has 1 aliphatic carbocycles. The summed E-state index contributed by atoms with van der Waals surface area (Å²) in [6.45, 7) is 3.88. The molecule has 3 nitrogen and oxygen atoms in total. The zero-order valence-electron chi connectivity index (χ0n) is 12.2. The predicted octanol–water partition coefficient (Wildman–Crippen LogP) is 2.40. The molecular weight excluding hydrogens is 248 g/mol. The van der Waals surface area contributed by atoms with Crippen LogP contribution in [0.2, 0.25) is 0 Å². The van der Waals surface area contributed by atoms with Crippen molar-refractivity contribution in [2.45, 2.75) is 51.6 Å². The lowest BCUT2D eigenvalue weighted by Gasteiger charge is -2.41. The van der Waals surface area contributed by atoms with Crippen LogP contribution < -0.4 is 10.6 Å². The largest absolute Gasteiger partial charge is 0.354 e. The van der Waals surface area contributed by atoms with Crippen LogP contribution >= 0.6 is 0 Å². The number of hydrogen-bond acceptors (Lipinski definition) is 2. The van der Waals surface area contributed by atoms with Crippen LogP contribution in [0.4, 0.5) is 0 Å². The highest BCUT2D eigenvalue weighted by Gasteiger charge is 2.36. The van der Waals surface area contributed by atoms with Crippen LogP contribution in [0.3, 0.4) is 0 Å². The maximum atomic E-state index is 12.3. The molecule has 0 bridgehead atoms. The summed E-state index contributed by atoms with van der Waals surface area (Å²) in [6, 6.07) is 8.31. The van der Waals surface area contributed by atoms with Crippen LogP contribution in [0, 0.1) is 5.41 Å². The number of fused-ring (bicyclic) bond motifs is 1. The molecule has 2 N–H and O–H groups in total. The Hall–Kier alpha value is -1.35. The van der Waals surface area contributed by atoms with Gasteiger partial charge in [0.1, 0.15) is 0 Å². The fourth-order valence-corrected chi connectivity index (χ4v) is 3.37. The molecule has 0 aromatic heterocycles. The van der Waals surface area contributed by atoms with E-state index in [1.807, 2.05) is 0 Å². The minimum Gasteiger partial charge on any atom is -0.354 e. The van der Waals surface area contributed by atoms with Crippen molar-refractivity contribution < 1.29 is 4.79 Å². The molecule has 3 rings (SSSR count). The van der Waals surface area contributed by atoms with Gasteiger partial charge in [0, 0.05) is 13.1 Å². The van der Waals surface area contributed by atoms with Crippen molar-refractivity contribution in [1.82, 2.24) is 10.6 Å². The van der Waals surface area contributed by atoms with Crippen molar-refractivity contribution in [3.05, 3.63) is 35.4 Å². The minimum atomic E-state index is -0.0705. The summed E-state index contributed by atoms with van der Waals surface area (Å²) in [5.41, 5.74) is 3.02. The first-order valence-electron chi connectivity index (χ1n) is 7.80. The summed E-state index contributed by atoms with van der Waals surface area (Å²) in [4.78, 5) is 12.3. The van der Waals surface area contributed by atoms with Gasteiger partial charge in [-0.15, -0.1) is 0 Å². The highest BCUT2D eigenvalue weighted by Crippen LogP contribution is 2.43. The van der Waals surface area contributed by atoms with Crippen LogP contribution in [0.15, 0.2) is 24.3 Å². The zero-order chi connectivity index (χ0) is 14.0. The first-order chi connectivity index (χ1) is 9.72. The third kappa shape index (κ3) is 2.59. The Balaban J connectivity index is 1.56. The van der Waals surface area contributed by atoms with Crippen molar-refractivity contribution >= 4 is 5.91 Å². The second-order valence-corrected chi connectivity index (χ2v) is 6.33. The van der Waals surface area contributed by atoms with Crippen molar-refractivity contribution in [1.29, 1.82) is 0 Å². The summed E-state index contributed by atoms with van der Waals surface area (Å²) in [7, 11) is 0. The smallest absolute Gasteiger partial charge is 0.237 e. The Bertz CT molecular complexity index is 488. The number of nitrogens with one attached hydrogen (secondary N) is 2. The second-order valence-electron chi connectivity index (χ2n) is 6.33. The average Bonchev–Trinajstić information content (AvgIpc) is 2.46. The quantitative estimate of drug-likeness (QED) is 0.883. The van der Waals surface area contributed by atoms with E-state index in [1.54, 1.807) is 0 Å². The number of amides is 1. The van der Waals surface area contributed by atoms with E-state index in [9.17, 15) is 4.79 Å². The van der Waals surface area contributed by atoms with E-state index in [1.165, 1.54) is 36.8 Å². The Labute approximate surface area is 121 Å². The van der Waals surface area contributed by atoms with Crippen LogP contribution in [-0.2, 0) is 17.8 Å².